The Labute approximate surface area is 79.4 Å². The van der Waals surface area contributed by atoms with Gasteiger partial charge in [-0.1, -0.05) is 0 Å². The van der Waals surface area contributed by atoms with E-state index in [1.165, 1.54) is 6.20 Å². The Balaban J connectivity index is 2.43. The maximum atomic E-state index is 12.6. The van der Waals surface area contributed by atoms with Crippen LogP contribution in [0.4, 0.5) is 8.78 Å². The number of hydrogen-bond donors (Lipinski definition) is 0. The van der Waals surface area contributed by atoms with Crippen molar-refractivity contribution in [3.8, 4) is 5.88 Å². The van der Waals surface area contributed by atoms with Crippen molar-refractivity contribution in [2.75, 3.05) is 0 Å². The van der Waals surface area contributed by atoms with Crippen LogP contribution < -0.4 is 4.74 Å². The van der Waals surface area contributed by atoms with Gasteiger partial charge in [-0.3, -0.25) is 0 Å². The third kappa shape index (κ3) is 1.40. The first-order chi connectivity index (χ1) is 5.57. The molecule has 2 rings (SSSR count). The molecule has 0 spiro atoms. The van der Waals surface area contributed by atoms with Crippen LogP contribution in [0.2, 0.25) is 0 Å². The van der Waals surface area contributed by atoms with E-state index >= 15 is 0 Å². The van der Waals surface area contributed by atoms with E-state index in [0.717, 1.165) is 0 Å². The Hall–Kier alpha value is -0.360. The summed E-state index contributed by atoms with van der Waals surface area (Å²) in [7, 11) is 0. The zero-order valence-corrected chi connectivity index (χ0v) is 7.95. The second kappa shape index (κ2) is 2.56. The monoisotopic (exact) mass is 253 g/mol. The predicted octanol–water partition coefficient (Wildman–Crippen LogP) is 2.88. The van der Waals surface area contributed by atoms with Gasteiger partial charge >= 0.3 is 5.44 Å². The molecule has 0 fully saturated rings. The highest BCUT2D eigenvalue weighted by molar-refractivity contribution is 9.10. The minimum Gasteiger partial charge on any atom is -0.405 e. The maximum Gasteiger partial charge on any atom is 0.459 e. The van der Waals surface area contributed by atoms with Crippen molar-refractivity contribution >= 4 is 27.7 Å². The van der Waals surface area contributed by atoms with Gasteiger partial charge in [-0.05, 0) is 22.0 Å². The molecular formula is C6H2BrF2NOS. The van der Waals surface area contributed by atoms with Gasteiger partial charge < -0.3 is 4.74 Å². The molecule has 0 amide bonds. The first kappa shape index (κ1) is 8.25. The normalized spacial score (nSPS) is 18.6. The van der Waals surface area contributed by atoms with Gasteiger partial charge in [-0.2, -0.15) is 8.78 Å². The fourth-order valence-electron chi connectivity index (χ4n) is 0.819. The number of pyridine rings is 1. The predicted molar refractivity (Wildman–Crippen MR) is 43.4 cm³/mol. The molecule has 0 aromatic carbocycles. The summed E-state index contributed by atoms with van der Waals surface area (Å²) >= 11 is 3.49. The summed E-state index contributed by atoms with van der Waals surface area (Å²) in [6, 6.07) is 1.55. The lowest BCUT2D eigenvalue weighted by atomic mass is 10.5. The highest BCUT2D eigenvalue weighted by atomic mass is 79.9. The number of rotatable bonds is 0. The number of thioether (sulfide) groups is 1. The molecule has 0 unspecified atom stereocenters. The lowest BCUT2D eigenvalue weighted by Gasteiger charge is -2.03. The average molecular weight is 254 g/mol. The van der Waals surface area contributed by atoms with E-state index in [0.29, 0.717) is 21.1 Å². The lowest BCUT2D eigenvalue weighted by molar-refractivity contribution is -0.0848. The van der Waals surface area contributed by atoms with Crippen LogP contribution in [0.5, 0.6) is 5.88 Å². The Morgan fingerprint density at radius 2 is 2.33 bits per heavy atom. The highest BCUT2D eigenvalue weighted by Gasteiger charge is 2.42. The van der Waals surface area contributed by atoms with Gasteiger partial charge in [0, 0.05) is 22.4 Å². The lowest BCUT2D eigenvalue weighted by Crippen LogP contribution is -2.14. The summed E-state index contributed by atoms with van der Waals surface area (Å²) in [4.78, 5) is 4.04. The van der Waals surface area contributed by atoms with Crippen molar-refractivity contribution < 1.29 is 13.5 Å². The van der Waals surface area contributed by atoms with Crippen molar-refractivity contribution in [1.82, 2.24) is 4.98 Å². The molecule has 0 bridgehead atoms. The maximum absolute atomic E-state index is 12.6. The van der Waals surface area contributed by atoms with Crippen molar-refractivity contribution in [3.63, 3.8) is 0 Å². The summed E-state index contributed by atoms with van der Waals surface area (Å²) in [5.74, 6) is -0.00630. The third-order valence-electron chi connectivity index (χ3n) is 1.23. The minimum absolute atomic E-state index is 0.00630. The number of fused-ring (bicyclic) bond motifs is 1. The smallest absolute Gasteiger partial charge is 0.405 e. The number of halogens is 3. The largest absolute Gasteiger partial charge is 0.459 e. The van der Waals surface area contributed by atoms with E-state index in [9.17, 15) is 8.78 Å². The van der Waals surface area contributed by atoms with Crippen LogP contribution in [0.15, 0.2) is 21.6 Å². The van der Waals surface area contributed by atoms with Crippen molar-refractivity contribution in [1.29, 1.82) is 0 Å². The fourth-order valence-corrected chi connectivity index (χ4v) is 2.05. The van der Waals surface area contributed by atoms with Crippen LogP contribution in [-0.4, -0.2) is 10.4 Å². The molecule has 1 aliphatic heterocycles. The Bertz CT molecular complexity index is 333. The number of alkyl halides is 2. The molecule has 0 atom stereocenters. The molecule has 1 aromatic rings. The summed E-state index contributed by atoms with van der Waals surface area (Å²) in [5.41, 5.74) is -3.17. The van der Waals surface area contributed by atoms with Gasteiger partial charge in [0.05, 0.1) is 4.90 Å². The standard InChI is InChI=1S/C6H2BrF2NOS/c7-3-1-4-5(10-2-3)11-6(8,9)12-4/h1-2H. The second-order valence-electron chi connectivity index (χ2n) is 2.12. The molecule has 0 radical (unpaired) electrons. The molecule has 2 heterocycles. The molecule has 0 aliphatic carbocycles. The molecule has 2 nitrogen and oxygen atoms in total. The van der Waals surface area contributed by atoms with E-state index in [1.807, 2.05) is 0 Å². The second-order valence-corrected chi connectivity index (χ2v) is 4.16. The topological polar surface area (TPSA) is 22.1 Å². The molecule has 1 aliphatic rings. The van der Waals surface area contributed by atoms with Gasteiger partial charge in [-0.15, -0.1) is 0 Å². The summed E-state index contributed by atoms with van der Waals surface area (Å²) in [5, 5.41) is 0. The highest BCUT2D eigenvalue weighted by Crippen LogP contribution is 2.48. The van der Waals surface area contributed by atoms with Crippen molar-refractivity contribution in [2.45, 2.75) is 10.3 Å². The summed E-state index contributed by atoms with van der Waals surface area (Å²) in [6.07, 6.45) is 1.42. The van der Waals surface area contributed by atoms with Crippen LogP contribution in [0.1, 0.15) is 0 Å². The third-order valence-corrected chi connectivity index (χ3v) is 2.50. The minimum atomic E-state index is -3.17. The first-order valence-corrected chi connectivity index (χ1v) is 4.59. The van der Waals surface area contributed by atoms with E-state index in [2.05, 4.69) is 25.7 Å². The first-order valence-electron chi connectivity index (χ1n) is 2.98. The van der Waals surface area contributed by atoms with Crippen LogP contribution in [0, 0.1) is 0 Å². The molecule has 1 aromatic heterocycles. The van der Waals surface area contributed by atoms with E-state index in [4.69, 9.17) is 0 Å². The van der Waals surface area contributed by atoms with E-state index < -0.39 is 5.44 Å². The fraction of sp³-hybridized carbons (Fsp3) is 0.167. The SMILES string of the molecule is FC1(F)Oc2ncc(Br)cc2S1. The Kier molecular flexibility index (Phi) is 1.76. The van der Waals surface area contributed by atoms with Gasteiger partial charge in [-0.25, -0.2) is 4.98 Å². The molecule has 0 N–H and O–H groups in total. The Morgan fingerprint density at radius 1 is 1.58 bits per heavy atom. The average Bonchev–Trinajstić information content (AvgIpc) is 2.21. The molecule has 6 heteroatoms. The van der Waals surface area contributed by atoms with E-state index in [-0.39, 0.29) is 5.88 Å². The molecule has 64 valence electrons. The molecule has 12 heavy (non-hydrogen) atoms. The zero-order valence-electron chi connectivity index (χ0n) is 5.55. The van der Waals surface area contributed by atoms with Gasteiger partial charge in [0.2, 0.25) is 5.88 Å². The van der Waals surface area contributed by atoms with Crippen LogP contribution in [0.25, 0.3) is 0 Å². The van der Waals surface area contributed by atoms with Crippen molar-refractivity contribution in [3.05, 3.63) is 16.7 Å². The van der Waals surface area contributed by atoms with Crippen LogP contribution in [0.3, 0.4) is 0 Å². The van der Waals surface area contributed by atoms with Crippen LogP contribution in [-0.2, 0) is 0 Å². The number of aromatic nitrogens is 1. The van der Waals surface area contributed by atoms with Gasteiger partial charge in [0.15, 0.2) is 0 Å². The molecule has 0 saturated carbocycles. The summed E-state index contributed by atoms with van der Waals surface area (Å²) in [6.45, 7) is 0. The number of hydrogen-bond acceptors (Lipinski definition) is 3. The number of ether oxygens (including phenoxy) is 1. The molecular weight excluding hydrogens is 252 g/mol. The number of nitrogens with zero attached hydrogens (tertiary/aromatic N) is 1. The molecule has 0 saturated heterocycles. The Morgan fingerprint density at radius 3 is 3.08 bits per heavy atom. The zero-order chi connectivity index (χ0) is 8.77. The van der Waals surface area contributed by atoms with Gasteiger partial charge in [0.25, 0.3) is 0 Å². The van der Waals surface area contributed by atoms with Crippen molar-refractivity contribution in [2.24, 2.45) is 0 Å². The van der Waals surface area contributed by atoms with Crippen LogP contribution >= 0.6 is 27.7 Å². The van der Waals surface area contributed by atoms with E-state index in [1.54, 1.807) is 6.07 Å². The van der Waals surface area contributed by atoms with Gasteiger partial charge in [0.1, 0.15) is 0 Å². The quantitative estimate of drug-likeness (QED) is 0.710. The summed E-state index contributed by atoms with van der Waals surface area (Å²) < 4.78 is 30.0.